The standard InChI is InChI=1S/C21H23N3.2C9H13N.2C7H9N.C6H8N2.3C6H7N.7ClH.Fe.N2.2H2O/c1-13(2)16-11-19(14-3-7-17(22)8-4-14)21(24)20(12-16)15-5-9-18(23)10-6-15;2*1-7(2)8-3-5-9(10)6-4-8;2*1-6-2-4-7(8)5-3-6;7-5-1-2-6(8)4-3-5;3*7-6-4-2-1-3-5-6;;;;;;;;;1-2;;/h3-13H,22-24H2,1-2H3;2*3-7H,10H2,1-2H3;2*2-5H,8H2,1H3;1-4H,7-8H2;3*1-5H,7H2;7*1H;;;2*1H2/q;;;;;;;;;;;;;;;;+2;;;/p-2. The molecular weight excluding hydrogens is 1460 g/mol. The van der Waals surface area contributed by atoms with Crippen LogP contribution >= 0.6 is 0 Å². The molecule has 0 bridgehead atoms. The first-order valence-electron chi connectivity index (χ1n) is 30.0. The molecule has 0 saturated heterocycles. The van der Waals surface area contributed by atoms with Crippen LogP contribution in [0.3, 0.4) is 0 Å². The topological polar surface area (TPSA) is 431 Å². The summed E-state index contributed by atoms with van der Waals surface area (Å²) < 4.78 is 0. The van der Waals surface area contributed by atoms with Crippen molar-refractivity contribution < 1.29 is 144 Å². The second kappa shape index (κ2) is 63.9. The summed E-state index contributed by atoms with van der Waals surface area (Å²) in [5.41, 5.74) is 80.2. The summed E-state index contributed by atoms with van der Waals surface area (Å²) in [4.78, 5) is 0. The van der Waals surface area contributed by atoms with E-state index in [1.54, 1.807) is 24.3 Å². The molecule has 0 aliphatic heterocycles. The number of nitrogens with two attached hydrogens (primary N) is 7. The van der Waals surface area contributed by atoms with Crippen LogP contribution in [0.15, 0.2) is 273 Å². The second-order valence-electron chi connectivity index (χ2n) is 22.2. The Bertz CT molecular complexity index is 3340. The van der Waals surface area contributed by atoms with Crippen LogP contribution in [-0.4, -0.2) is 11.0 Å². The molecule has 0 amide bonds. The van der Waals surface area contributed by atoms with Crippen molar-refractivity contribution in [2.24, 2.45) is 0 Å². The van der Waals surface area contributed by atoms with E-state index < -0.39 is 0 Å². The summed E-state index contributed by atoms with van der Waals surface area (Å²) in [7, 11) is 0. The average Bonchev–Trinajstić information content (AvgIpc) is 0.790. The molecule has 24 heteroatoms. The SMILES string of the molecule is CC(C)c1cc(-c2ccc(N)cc2)c(N)c(-c2ccc(N)cc2)c1.CC(C)c1ccc(N)cc1.CC(C)c1ccc(N)cc1.Cc1ccc([NH3+])cc1.Cc1ccc([NH3+])cc1.N#N.Nc1ccc(N)cc1.O.O.[Cl-].[Cl-].[Cl-].[Cl-].[Cl-].[Cl-].[Cl-].[Fe+2].[NH3+]c1ccccc1.[NH3+]c1ccccc1.[NH3+]c1ccccc1. The molecule has 11 aromatic carbocycles. The Balaban J connectivity index is -0.000000138. The van der Waals surface area contributed by atoms with Crippen molar-refractivity contribution in [3.05, 3.63) is 301 Å². The minimum absolute atomic E-state index is 0. The Morgan fingerprint density at radius 3 is 0.604 bits per heavy atom. The smallest absolute Gasteiger partial charge is 1.00 e. The molecule has 16 nitrogen and oxygen atoms in total. The van der Waals surface area contributed by atoms with E-state index in [0.717, 1.165) is 90.5 Å². The summed E-state index contributed by atoms with van der Waals surface area (Å²) in [5.74, 6) is 1.60. The number of aryl methyl sites for hydroxylation is 2. The van der Waals surface area contributed by atoms with Crippen LogP contribution in [0.2, 0.25) is 0 Å². The molecule has 0 atom stereocenters. The number of benzene rings is 11. The molecule has 0 spiro atoms. The molecule has 0 unspecified atom stereocenters. The van der Waals surface area contributed by atoms with Gasteiger partial charge in [-0.3, -0.25) is 0 Å². The molecule has 0 aromatic heterocycles. The van der Waals surface area contributed by atoms with Gasteiger partial charge in [-0.2, -0.15) is 0 Å². The molecule has 33 N–H and O–H groups in total. The normalized spacial score (nSPS) is 8.65. The molecule has 11 rings (SSSR count). The first kappa shape index (κ1) is 111. The predicted octanol–water partition coefficient (Wildman–Crippen LogP) is -8.65. The molecule has 0 aliphatic carbocycles. The number of hydrogen-bond donors (Lipinski definition) is 12. The van der Waals surface area contributed by atoms with Gasteiger partial charge in [0.25, 0.3) is 0 Å². The zero-order chi connectivity index (χ0) is 67.7. The Kier molecular flexibility index (Phi) is 70.4. The molecule has 0 saturated carbocycles. The summed E-state index contributed by atoms with van der Waals surface area (Å²) in [6.07, 6.45) is 0. The summed E-state index contributed by atoms with van der Waals surface area (Å²) in [6, 6.07) is 89.0. The van der Waals surface area contributed by atoms with Gasteiger partial charge in [0.2, 0.25) is 0 Å². The molecule has 0 fully saturated rings. The van der Waals surface area contributed by atoms with E-state index in [1.165, 1.54) is 27.8 Å². The molecule has 0 aliphatic rings. The van der Waals surface area contributed by atoms with Gasteiger partial charge in [-0.1, -0.05) is 180 Å². The monoisotopic (exact) mass is 1560 g/mol. The Labute approximate surface area is 654 Å². The first-order chi connectivity index (χ1) is 43.4. The van der Waals surface area contributed by atoms with Gasteiger partial charge in [0.1, 0.15) is 28.4 Å². The van der Waals surface area contributed by atoms with E-state index in [9.17, 15) is 0 Å². The molecular formula is C77H105Cl7FeN14O2. The fourth-order valence-electron chi connectivity index (χ4n) is 7.68. The van der Waals surface area contributed by atoms with Gasteiger partial charge in [0, 0.05) is 61.7 Å². The van der Waals surface area contributed by atoms with E-state index in [1.807, 2.05) is 188 Å². The maximum atomic E-state index is 6.53. The van der Waals surface area contributed by atoms with Crippen LogP contribution < -0.4 is 156 Å². The van der Waals surface area contributed by atoms with E-state index in [0.29, 0.717) is 17.8 Å². The number of hydrogen-bond acceptors (Lipinski definition) is 9. The van der Waals surface area contributed by atoms with Gasteiger partial charge in [-0.25, -0.2) is 0 Å². The maximum absolute atomic E-state index is 6.53. The minimum atomic E-state index is 0. The average molecular weight is 1560 g/mol. The summed E-state index contributed by atoms with van der Waals surface area (Å²) >= 11 is 0. The zero-order valence-corrected chi connectivity index (χ0v) is 65.1. The fraction of sp³-hybridized carbons (Fsp3) is 0.143. The van der Waals surface area contributed by atoms with Gasteiger partial charge in [-0.05, 0) is 205 Å². The molecule has 0 heterocycles. The number of nitrogen functional groups attached to an aromatic ring is 7. The number of quaternary nitrogens is 5. The van der Waals surface area contributed by atoms with Gasteiger partial charge >= 0.3 is 17.1 Å². The molecule has 11 aromatic rings. The van der Waals surface area contributed by atoms with Crippen molar-refractivity contribution in [2.75, 3.05) is 40.1 Å². The Hall–Kier alpha value is -8.29. The van der Waals surface area contributed by atoms with Crippen molar-refractivity contribution in [3.63, 3.8) is 0 Å². The van der Waals surface area contributed by atoms with Gasteiger partial charge in [-0.15, -0.1) is 0 Å². The van der Waals surface area contributed by atoms with Crippen LogP contribution in [0, 0.1) is 24.6 Å². The van der Waals surface area contributed by atoms with Crippen LogP contribution in [0.1, 0.15) is 87.1 Å². The molecule has 101 heavy (non-hydrogen) atoms. The number of anilines is 7. The van der Waals surface area contributed by atoms with Crippen molar-refractivity contribution in [3.8, 4) is 22.3 Å². The third-order valence-electron chi connectivity index (χ3n) is 13.2. The molecule has 552 valence electrons. The van der Waals surface area contributed by atoms with Crippen molar-refractivity contribution in [2.45, 2.75) is 73.1 Å². The van der Waals surface area contributed by atoms with E-state index in [2.05, 4.69) is 145 Å². The van der Waals surface area contributed by atoms with E-state index >= 15 is 0 Å². The van der Waals surface area contributed by atoms with Crippen molar-refractivity contribution in [1.82, 2.24) is 0 Å². The van der Waals surface area contributed by atoms with Crippen LogP contribution in [-0.2, 0) is 17.1 Å². The van der Waals surface area contributed by atoms with Crippen molar-refractivity contribution >= 4 is 68.2 Å². The largest absolute Gasteiger partial charge is 2.00 e. The Morgan fingerprint density at radius 1 is 0.257 bits per heavy atom. The maximum Gasteiger partial charge on any atom is 2.00 e. The van der Waals surface area contributed by atoms with Crippen LogP contribution in [0.25, 0.3) is 22.3 Å². The van der Waals surface area contributed by atoms with Gasteiger partial charge in [0.15, 0.2) is 0 Å². The number of halogens is 7. The quantitative estimate of drug-likeness (QED) is 0.0442. The van der Waals surface area contributed by atoms with E-state index in [4.69, 9.17) is 50.9 Å². The Morgan fingerprint density at radius 2 is 0.436 bits per heavy atom. The third kappa shape index (κ3) is 49.8. The van der Waals surface area contributed by atoms with E-state index in [-0.39, 0.29) is 115 Å². The van der Waals surface area contributed by atoms with Crippen LogP contribution in [0.4, 0.5) is 68.2 Å². The summed E-state index contributed by atoms with van der Waals surface area (Å²) in [5, 5.41) is 12.0. The number of rotatable bonds is 5. The minimum Gasteiger partial charge on any atom is -1.00 e. The molecule has 0 radical (unpaired) electrons. The summed E-state index contributed by atoms with van der Waals surface area (Å²) in [6.45, 7) is 17.2. The second-order valence-corrected chi connectivity index (χ2v) is 22.2. The third-order valence-corrected chi connectivity index (χ3v) is 13.2. The predicted molar refractivity (Wildman–Crippen MR) is 395 cm³/mol. The van der Waals surface area contributed by atoms with Crippen molar-refractivity contribution in [1.29, 1.82) is 10.8 Å². The zero-order valence-electron chi connectivity index (χ0n) is 58.7. The number of nitrogens with zero attached hydrogens (tertiary/aromatic N) is 2. The fourth-order valence-corrected chi connectivity index (χ4v) is 7.68. The van der Waals surface area contributed by atoms with Gasteiger partial charge < -0.3 is 167 Å². The van der Waals surface area contributed by atoms with Gasteiger partial charge in [0.05, 0.1) is 0 Å². The van der Waals surface area contributed by atoms with Crippen LogP contribution in [0.5, 0.6) is 0 Å². The first-order valence-corrected chi connectivity index (χ1v) is 30.0.